The molecule has 100 valence electrons. The first-order chi connectivity index (χ1) is 9.06. The summed E-state index contributed by atoms with van der Waals surface area (Å²) in [5.41, 5.74) is 3.55. The van der Waals surface area contributed by atoms with Gasteiger partial charge in [0.15, 0.2) is 0 Å². The summed E-state index contributed by atoms with van der Waals surface area (Å²) < 4.78 is 0. The average Bonchev–Trinajstić information content (AvgIpc) is 2.74. The molecule has 0 aliphatic heterocycles. The van der Waals surface area contributed by atoms with Crippen molar-refractivity contribution in [2.75, 3.05) is 0 Å². The van der Waals surface area contributed by atoms with Crippen LogP contribution in [-0.4, -0.2) is 11.1 Å². The predicted molar refractivity (Wildman–Crippen MR) is 77.7 cm³/mol. The minimum Gasteiger partial charge on any atom is -0.477 e. The van der Waals surface area contributed by atoms with Gasteiger partial charge in [0.1, 0.15) is 4.88 Å². The molecule has 4 heteroatoms. The summed E-state index contributed by atoms with van der Waals surface area (Å²) in [6.45, 7) is 5.51. The fraction of sp³-hybridized carbons (Fsp3) is 0.267. The SMILES string of the molecule is Cc1ccc(CNCc2cc(C(=O)O)sc2C)cc1. The Kier molecular flexibility index (Phi) is 4.35. The zero-order valence-corrected chi connectivity index (χ0v) is 11.9. The molecule has 0 radical (unpaired) electrons. The Bertz CT molecular complexity index is 572. The summed E-state index contributed by atoms with van der Waals surface area (Å²) in [5, 5.41) is 12.3. The Balaban J connectivity index is 1.92. The molecule has 2 rings (SSSR count). The summed E-state index contributed by atoms with van der Waals surface area (Å²) in [7, 11) is 0. The van der Waals surface area contributed by atoms with Crippen molar-refractivity contribution in [3.63, 3.8) is 0 Å². The van der Waals surface area contributed by atoms with E-state index in [9.17, 15) is 4.79 Å². The van der Waals surface area contributed by atoms with Crippen molar-refractivity contribution in [2.45, 2.75) is 26.9 Å². The summed E-state index contributed by atoms with van der Waals surface area (Å²) in [5.74, 6) is -0.849. The van der Waals surface area contributed by atoms with Crippen LogP contribution in [0.15, 0.2) is 30.3 Å². The van der Waals surface area contributed by atoms with E-state index in [1.807, 2.05) is 6.92 Å². The van der Waals surface area contributed by atoms with Crippen LogP contribution in [0.4, 0.5) is 0 Å². The number of carboxylic acid groups (broad SMARTS) is 1. The minimum atomic E-state index is -0.849. The molecular weight excluding hydrogens is 258 g/mol. The van der Waals surface area contributed by atoms with E-state index < -0.39 is 5.97 Å². The van der Waals surface area contributed by atoms with Gasteiger partial charge in [0.2, 0.25) is 0 Å². The highest BCUT2D eigenvalue weighted by Crippen LogP contribution is 2.21. The number of carboxylic acids is 1. The molecule has 0 aliphatic carbocycles. The molecule has 0 atom stereocenters. The third-order valence-corrected chi connectivity index (χ3v) is 4.08. The molecule has 3 nitrogen and oxygen atoms in total. The first-order valence-corrected chi connectivity index (χ1v) is 6.97. The number of rotatable bonds is 5. The molecule has 1 heterocycles. The molecular formula is C15H17NO2S. The van der Waals surface area contributed by atoms with Crippen LogP contribution in [0.2, 0.25) is 0 Å². The number of nitrogens with one attached hydrogen (secondary N) is 1. The molecule has 1 aromatic carbocycles. The summed E-state index contributed by atoms with van der Waals surface area (Å²) >= 11 is 1.33. The van der Waals surface area contributed by atoms with E-state index >= 15 is 0 Å². The van der Waals surface area contributed by atoms with E-state index in [1.54, 1.807) is 6.07 Å². The second kappa shape index (κ2) is 5.99. The quantitative estimate of drug-likeness (QED) is 0.879. The van der Waals surface area contributed by atoms with Crippen molar-refractivity contribution in [3.8, 4) is 0 Å². The second-order valence-electron chi connectivity index (χ2n) is 4.59. The molecule has 0 saturated carbocycles. The Labute approximate surface area is 116 Å². The monoisotopic (exact) mass is 275 g/mol. The second-order valence-corrected chi connectivity index (χ2v) is 5.84. The molecule has 2 aromatic rings. The number of aromatic carboxylic acids is 1. The van der Waals surface area contributed by atoms with Gasteiger partial charge in [0.05, 0.1) is 0 Å². The van der Waals surface area contributed by atoms with Gasteiger partial charge in [0.25, 0.3) is 0 Å². The van der Waals surface area contributed by atoms with E-state index in [-0.39, 0.29) is 0 Å². The largest absolute Gasteiger partial charge is 0.477 e. The highest BCUT2D eigenvalue weighted by atomic mass is 32.1. The summed E-state index contributed by atoms with van der Waals surface area (Å²) in [4.78, 5) is 12.4. The smallest absolute Gasteiger partial charge is 0.345 e. The van der Waals surface area contributed by atoms with Gasteiger partial charge in [-0.2, -0.15) is 0 Å². The van der Waals surface area contributed by atoms with Crippen LogP contribution in [0.25, 0.3) is 0 Å². The molecule has 0 aliphatic rings. The number of aryl methyl sites for hydroxylation is 2. The number of hydrogen-bond acceptors (Lipinski definition) is 3. The summed E-state index contributed by atoms with van der Waals surface area (Å²) in [6.07, 6.45) is 0. The molecule has 0 saturated heterocycles. The van der Waals surface area contributed by atoms with Crippen LogP contribution in [0.3, 0.4) is 0 Å². The van der Waals surface area contributed by atoms with Crippen LogP contribution in [-0.2, 0) is 13.1 Å². The molecule has 0 fully saturated rings. The van der Waals surface area contributed by atoms with Gasteiger partial charge < -0.3 is 10.4 Å². The normalized spacial score (nSPS) is 10.6. The Morgan fingerprint density at radius 3 is 2.47 bits per heavy atom. The van der Waals surface area contributed by atoms with Gasteiger partial charge in [0, 0.05) is 18.0 Å². The van der Waals surface area contributed by atoms with Crippen molar-refractivity contribution in [1.82, 2.24) is 5.32 Å². The van der Waals surface area contributed by atoms with E-state index in [2.05, 4.69) is 36.5 Å². The Morgan fingerprint density at radius 2 is 1.89 bits per heavy atom. The van der Waals surface area contributed by atoms with Crippen molar-refractivity contribution in [1.29, 1.82) is 0 Å². The number of benzene rings is 1. The first kappa shape index (κ1) is 13.8. The Morgan fingerprint density at radius 1 is 1.21 bits per heavy atom. The minimum absolute atomic E-state index is 0.407. The molecule has 1 aromatic heterocycles. The molecule has 2 N–H and O–H groups in total. The third-order valence-electron chi connectivity index (χ3n) is 3.00. The molecule has 0 spiro atoms. The van der Waals surface area contributed by atoms with Crippen LogP contribution >= 0.6 is 11.3 Å². The third kappa shape index (κ3) is 3.66. The molecule has 19 heavy (non-hydrogen) atoms. The fourth-order valence-corrected chi connectivity index (χ4v) is 2.73. The van der Waals surface area contributed by atoms with Gasteiger partial charge in [-0.25, -0.2) is 4.79 Å². The fourth-order valence-electron chi connectivity index (χ4n) is 1.85. The highest BCUT2D eigenvalue weighted by Gasteiger charge is 2.10. The highest BCUT2D eigenvalue weighted by molar-refractivity contribution is 7.14. The van der Waals surface area contributed by atoms with Crippen LogP contribution < -0.4 is 5.32 Å². The number of carbonyl (C=O) groups is 1. The standard InChI is InChI=1S/C15H17NO2S/c1-10-3-5-12(6-4-10)8-16-9-13-7-14(15(17)18)19-11(13)2/h3-7,16H,8-9H2,1-2H3,(H,17,18). The van der Waals surface area contributed by atoms with Crippen LogP contribution in [0.1, 0.15) is 31.2 Å². The van der Waals surface area contributed by atoms with E-state index in [1.165, 1.54) is 22.5 Å². The molecule has 0 unspecified atom stereocenters. The maximum absolute atomic E-state index is 10.9. The molecule has 0 amide bonds. The van der Waals surface area contributed by atoms with Gasteiger partial charge in [-0.05, 0) is 31.0 Å². The van der Waals surface area contributed by atoms with Gasteiger partial charge in [-0.15, -0.1) is 11.3 Å². The van der Waals surface area contributed by atoms with Gasteiger partial charge >= 0.3 is 5.97 Å². The zero-order chi connectivity index (χ0) is 13.8. The van der Waals surface area contributed by atoms with Gasteiger partial charge in [-0.1, -0.05) is 29.8 Å². The predicted octanol–water partition coefficient (Wildman–Crippen LogP) is 3.35. The lowest BCUT2D eigenvalue weighted by molar-refractivity contribution is 0.0702. The lowest BCUT2D eigenvalue weighted by atomic mass is 10.1. The average molecular weight is 275 g/mol. The maximum atomic E-state index is 10.9. The lowest BCUT2D eigenvalue weighted by Crippen LogP contribution is -2.12. The lowest BCUT2D eigenvalue weighted by Gasteiger charge is -2.05. The zero-order valence-electron chi connectivity index (χ0n) is 11.1. The van der Waals surface area contributed by atoms with E-state index in [0.29, 0.717) is 11.4 Å². The topological polar surface area (TPSA) is 49.3 Å². The summed E-state index contributed by atoms with van der Waals surface area (Å²) in [6, 6.07) is 10.1. The van der Waals surface area contributed by atoms with Crippen LogP contribution in [0, 0.1) is 13.8 Å². The van der Waals surface area contributed by atoms with Crippen molar-refractivity contribution < 1.29 is 9.90 Å². The Hall–Kier alpha value is -1.65. The van der Waals surface area contributed by atoms with Crippen molar-refractivity contribution in [3.05, 3.63) is 56.8 Å². The first-order valence-electron chi connectivity index (χ1n) is 6.15. The van der Waals surface area contributed by atoms with Crippen molar-refractivity contribution in [2.24, 2.45) is 0 Å². The molecule has 0 bridgehead atoms. The number of thiophene rings is 1. The van der Waals surface area contributed by atoms with Crippen molar-refractivity contribution >= 4 is 17.3 Å². The number of hydrogen-bond donors (Lipinski definition) is 2. The van der Waals surface area contributed by atoms with E-state index in [4.69, 9.17) is 5.11 Å². The maximum Gasteiger partial charge on any atom is 0.345 e. The van der Waals surface area contributed by atoms with Crippen LogP contribution in [0.5, 0.6) is 0 Å². The van der Waals surface area contributed by atoms with Gasteiger partial charge in [-0.3, -0.25) is 0 Å². The van der Waals surface area contributed by atoms with E-state index in [0.717, 1.165) is 17.0 Å².